The lowest BCUT2D eigenvalue weighted by atomic mass is 10.1. The zero-order chi connectivity index (χ0) is 24.7. The van der Waals surface area contributed by atoms with Crippen LogP contribution in [0.15, 0.2) is 41.3 Å². The summed E-state index contributed by atoms with van der Waals surface area (Å²) in [5, 5.41) is 2.80. The number of nitrogens with one attached hydrogen (secondary N) is 2. The lowest BCUT2D eigenvalue weighted by Gasteiger charge is -2.30. The van der Waals surface area contributed by atoms with Crippen LogP contribution in [0.4, 0.5) is 11.4 Å². The third-order valence-corrected chi connectivity index (χ3v) is 7.02. The van der Waals surface area contributed by atoms with E-state index in [9.17, 15) is 18.0 Å². The van der Waals surface area contributed by atoms with E-state index < -0.39 is 21.8 Å². The van der Waals surface area contributed by atoms with Crippen molar-refractivity contribution in [1.82, 2.24) is 4.72 Å². The predicted octanol–water partition coefficient (Wildman–Crippen LogP) is 2.10. The van der Waals surface area contributed by atoms with Gasteiger partial charge >= 0.3 is 0 Å². The van der Waals surface area contributed by atoms with Gasteiger partial charge in [0.25, 0.3) is 0 Å². The second kappa shape index (κ2) is 11.2. The van der Waals surface area contributed by atoms with E-state index in [4.69, 9.17) is 15.2 Å². The van der Waals surface area contributed by atoms with E-state index in [1.54, 1.807) is 18.2 Å². The number of carbonyl (C=O) groups excluding carboxylic acids is 2. The van der Waals surface area contributed by atoms with Crippen molar-refractivity contribution in [2.24, 2.45) is 5.73 Å². The van der Waals surface area contributed by atoms with Crippen molar-refractivity contribution in [2.75, 3.05) is 44.1 Å². The summed E-state index contributed by atoms with van der Waals surface area (Å²) in [6.07, 6.45) is 3.14. The van der Waals surface area contributed by atoms with Gasteiger partial charge in [-0.15, -0.1) is 0 Å². The molecule has 34 heavy (non-hydrogen) atoms. The Hall–Kier alpha value is -3.31. The Labute approximate surface area is 199 Å². The molecule has 2 amide bonds. The molecule has 2 aromatic rings. The molecule has 0 unspecified atom stereocenters. The third-order valence-electron chi connectivity index (χ3n) is 5.56. The Kier molecular flexibility index (Phi) is 8.35. The number of anilines is 2. The minimum absolute atomic E-state index is 0.00731. The lowest BCUT2D eigenvalue weighted by Crippen LogP contribution is -2.31. The van der Waals surface area contributed by atoms with E-state index in [1.165, 1.54) is 32.4 Å². The fourth-order valence-electron chi connectivity index (χ4n) is 3.78. The minimum atomic E-state index is -3.86. The van der Waals surface area contributed by atoms with Crippen molar-refractivity contribution in [3.05, 3.63) is 42.0 Å². The smallest absolute Gasteiger partial charge is 0.248 e. The molecule has 0 aromatic heterocycles. The molecule has 0 atom stereocenters. The number of sulfonamides is 1. The molecule has 184 valence electrons. The number of nitrogens with two attached hydrogens (primary N) is 1. The van der Waals surface area contributed by atoms with Gasteiger partial charge in [0, 0.05) is 37.7 Å². The number of hydrogen-bond donors (Lipinski definition) is 3. The SMILES string of the molecule is COc1ccc(S(=O)(=O)NCCC(=O)Nc2cc(C(N)=O)ccc2N2CCCCC2)cc1OC. The molecule has 1 aliphatic rings. The zero-order valence-electron chi connectivity index (χ0n) is 19.3. The Morgan fingerprint density at radius 1 is 1.00 bits per heavy atom. The normalized spacial score (nSPS) is 13.9. The molecular formula is C23H30N4O6S. The molecule has 1 heterocycles. The van der Waals surface area contributed by atoms with Crippen molar-refractivity contribution in [3.63, 3.8) is 0 Å². The maximum Gasteiger partial charge on any atom is 0.248 e. The molecule has 11 heteroatoms. The Morgan fingerprint density at radius 3 is 2.35 bits per heavy atom. The predicted molar refractivity (Wildman–Crippen MR) is 129 cm³/mol. The fraction of sp³-hybridized carbons (Fsp3) is 0.391. The first kappa shape index (κ1) is 25.3. The molecular weight excluding hydrogens is 460 g/mol. The monoisotopic (exact) mass is 490 g/mol. The molecule has 0 aliphatic carbocycles. The number of primary amides is 1. The van der Waals surface area contributed by atoms with Crippen LogP contribution in [0.5, 0.6) is 11.5 Å². The number of rotatable bonds is 10. The second-order valence-corrected chi connectivity index (χ2v) is 9.62. The molecule has 3 rings (SSSR count). The summed E-state index contributed by atoms with van der Waals surface area (Å²) < 4.78 is 37.9. The van der Waals surface area contributed by atoms with Crippen molar-refractivity contribution in [2.45, 2.75) is 30.6 Å². The molecule has 1 fully saturated rings. The topological polar surface area (TPSA) is 140 Å². The van der Waals surface area contributed by atoms with E-state index in [2.05, 4.69) is 14.9 Å². The highest BCUT2D eigenvalue weighted by molar-refractivity contribution is 7.89. The number of carbonyl (C=O) groups is 2. The molecule has 1 aliphatic heterocycles. The minimum Gasteiger partial charge on any atom is -0.493 e. The molecule has 1 saturated heterocycles. The van der Waals surface area contributed by atoms with Gasteiger partial charge in [0.1, 0.15) is 0 Å². The summed E-state index contributed by atoms with van der Waals surface area (Å²) in [5.74, 6) is -0.301. The summed E-state index contributed by atoms with van der Waals surface area (Å²) in [6, 6.07) is 9.21. The van der Waals surface area contributed by atoms with Crippen molar-refractivity contribution < 1.29 is 27.5 Å². The van der Waals surface area contributed by atoms with Crippen LogP contribution < -0.4 is 30.1 Å². The molecule has 4 N–H and O–H groups in total. The van der Waals surface area contributed by atoms with Crippen molar-refractivity contribution >= 4 is 33.2 Å². The first-order chi connectivity index (χ1) is 16.2. The lowest BCUT2D eigenvalue weighted by molar-refractivity contribution is -0.116. The van der Waals surface area contributed by atoms with Crippen LogP contribution >= 0.6 is 0 Å². The van der Waals surface area contributed by atoms with Crippen LogP contribution in [-0.4, -0.2) is 54.1 Å². The zero-order valence-corrected chi connectivity index (χ0v) is 20.1. The maximum absolute atomic E-state index is 12.6. The van der Waals surface area contributed by atoms with Crippen molar-refractivity contribution in [1.29, 1.82) is 0 Å². The standard InChI is InChI=1S/C23H30N4O6S/c1-32-20-9-7-17(15-21(20)33-2)34(30,31)25-11-10-22(28)26-18-14-16(23(24)29)6-8-19(18)27-12-4-3-5-13-27/h6-9,14-15,25H,3-5,10-13H2,1-2H3,(H2,24,29)(H,26,28). The summed E-state index contributed by atoms with van der Waals surface area (Å²) >= 11 is 0. The van der Waals surface area contributed by atoms with Gasteiger partial charge in [-0.05, 0) is 49.6 Å². The van der Waals surface area contributed by atoms with E-state index >= 15 is 0 Å². The number of amides is 2. The van der Waals surface area contributed by atoms with Gasteiger partial charge in [-0.2, -0.15) is 0 Å². The highest BCUT2D eigenvalue weighted by Gasteiger charge is 2.19. The fourth-order valence-corrected chi connectivity index (χ4v) is 4.83. The average molecular weight is 491 g/mol. The van der Waals surface area contributed by atoms with E-state index in [1.807, 2.05) is 0 Å². The molecule has 2 aromatic carbocycles. The highest BCUT2D eigenvalue weighted by Crippen LogP contribution is 2.30. The first-order valence-corrected chi connectivity index (χ1v) is 12.4. The third kappa shape index (κ3) is 6.17. The van der Waals surface area contributed by atoms with Crippen LogP contribution in [0.2, 0.25) is 0 Å². The van der Waals surface area contributed by atoms with Gasteiger partial charge in [0.2, 0.25) is 21.8 Å². The highest BCUT2D eigenvalue weighted by atomic mass is 32.2. The molecule has 0 radical (unpaired) electrons. The quantitative estimate of drug-likeness (QED) is 0.463. The van der Waals surface area contributed by atoms with E-state index in [0.717, 1.165) is 38.0 Å². The number of methoxy groups -OCH3 is 2. The first-order valence-electron chi connectivity index (χ1n) is 11.0. The van der Waals surface area contributed by atoms with Crippen LogP contribution in [0.3, 0.4) is 0 Å². The van der Waals surface area contributed by atoms with Gasteiger partial charge in [0.05, 0.1) is 30.5 Å². The van der Waals surface area contributed by atoms with Crippen molar-refractivity contribution in [3.8, 4) is 11.5 Å². The van der Waals surface area contributed by atoms with E-state index in [0.29, 0.717) is 11.4 Å². The van der Waals surface area contributed by atoms with Crippen LogP contribution in [0.1, 0.15) is 36.0 Å². The number of nitrogens with zero attached hydrogens (tertiary/aromatic N) is 1. The van der Waals surface area contributed by atoms with Crippen LogP contribution in [0, 0.1) is 0 Å². The Morgan fingerprint density at radius 2 is 1.71 bits per heavy atom. The second-order valence-electron chi connectivity index (χ2n) is 7.86. The van der Waals surface area contributed by atoms with Crippen LogP contribution in [-0.2, 0) is 14.8 Å². The van der Waals surface area contributed by atoms with Gasteiger partial charge in [0.15, 0.2) is 11.5 Å². The van der Waals surface area contributed by atoms with Gasteiger partial charge in [-0.25, -0.2) is 13.1 Å². The number of benzene rings is 2. The van der Waals surface area contributed by atoms with Gasteiger partial charge in [-0.3, -0.25) is 9.59 Å². The van der Waals surface area contributed by atoms with Gasteiger partial charge < -0.3 is 25.4 Å². The number of ether oxygens (including phenoxy) is 2. The van der Waals surface area contributed by atoms with Gasteiger partial charge in [-0.1, -0.05) is 0 Å². The summed E-state index contributed by atoms with van der Waals surface area (Å²) in [6.45, 7) is 1.59. The number of hydrogen-bond acceptors (Lipinski definition) is 7. The Bertz CT molecular complexity index is 1150. The summed E-state index contributed by atoms with van der Waals surface area (Å²) in [4.78, 5) is 26.4. The molecule has 10 nitrogen and oxygen atoms in total. The molecule has 0 saturated carbocycles. The molecule has 0 bridgehead atoms. The summed E-state index contributed by atoms with van der Waals surface area (Å²) in [5.41, 5.74) is 6.98. The van der Waals surface area contributed by atoms with E-state index in [-0.39, 0.29) is 29.2 Å². The Balaban J connectivity index is 1.66. The largest absolute Gasteiger partial charge is 0.493 e. The van der Waals surface area contributed by atoms with Crippen LogP contribution in [0.25, 0.3) is 0 Å². The molecule has 0 spiro atoms. The maximum atomic E-state index is 12.6. The summed E-state index contributed by atoms with van der Waals surface area (Å²) in [7, 11) is -0.993. The number of piperidine rings is 1. The average Bonchev–Trinajstić information content (AvgIpc) is 2.83.